The number of hydrogen-bond donors (Lipinski definition) is 0. The second-order valence-corrected chi connectivity index (χ2v) is 2.15. The minimum Gasteiger partial charge on any atom is -0.269 e. The minimum absolute atomic E-state index is 0.961. The van der Waals surface area contributed by atoms with Crippen molar-refractivity contribution in [2.24, 2.45) is 4.99 Å². The summed E-state index contributed by atoms with van der Waals surface area (Å²) >= 11 is 0. The van der Waals surface area contributed by atoms with Gasteiger partial charge in [-0.25, -0.2) is 0 Å². The van der Waals surface area contributed by atoms with Crippen LogP contribution in [0.25, 0.3) is 0 Å². The SMILES string of the molecule is C=N/C(C)=C(\C)C(=C)C. The van der Waals surface area contributed by atoms with Crippen molar-refractivity contribution in [3.05, 3.63) is 23.4 Å². The molecule has 50 valence electrons. The molecule has 1 nitrogen and oxygen atoms in total. The van der Waals surface area contributed by atoms with E-state index in [1.807, 2.05) is 20.8 Å². The number of aliphatic imine (C=N–C) groups is 1. The summed E-state index contributed by atoms with van der Waals surface area (Å²) in [5.41, 5.74) is 3.15. The van der Waals surface area contributed by atoms with E-state index >= 15 is 0 Å². The van der Waals surface area contributed by atoms with Crippen LogP contribution in [0, 0.1) is 0 Å². The van der Waals surface area contributed by atoms with E-state index in [0.717, 1.165) is 16.8 Å². The predicted molar refractivity (Wildman–Crippen MR) is 42.7 cm³/mol. The molecule has 0 bridgehead atoms. The molecule has 0 atom stereocenters. The molecule has 0 amide bonds. The maximum Gasteiger partial charge on any atom is 0.0396 e. The Morgan fingerprint density at radius 2 is 1.67 bits per heavy atom. The standard InChI is InChI=1S/C8H13N/c1-6(2)7(3)8(4)9-5/h1,5H2,2-4H3/b8-7+. The number of nitrogens with zero attached hydrogens (tertiary/aromatic N) is 1. The molecular formula is C8H13N. The third-order valence-electron chi connectivity index (χ3n) is 1.42. The van der Waals surface area contributed by atoms with Crippen LogP contribution in [-0.2, 0) is 0 Å². The van der Waals surface area contributed by atoms with E-state index in [9.17, 15) is 0 Å². The Bertz CT molecular complexity index is 163. The van der Waals surface area contributed by atoms with Gasteiger partial charge in [0.05, 0.1) is 0 Å². The molecule has 0 rings (SSSR count). The monoisotopic (exact) mass is 123 g/mol. The van der Waals surface area contributed by atoms with E-state index in [0.29, 0.717) is 0 Å². The topological polar surface area (TPSA) is 12.4 Å². The molecule has 0 fully saturated rings. The van der Waals surface area contributed by atoms with Crippen LogP contribution in [0.5, 0.6) is 0 Å². The number of hydrogen-bond acceptors (Lipinski definition) is 1. The fourth-order valence-corrected chi connectivity index (χ4v) is 0.427. The van der Waals surface area contributed by atoms with Gasteiger partial charge in [-0.3, -0.25) is 4.99 Å². The Morgan fingerprint density at radius 1 is 1.22 bits per heavy atom. The lowest BCUT2D eigenvalue weighted by Crippen LogP contribution is -1.80. The Kier molecular flexibility index (Phi) is 2.93. The number of rotatable bonds is 2. The van der Waals surface area contributed by atoms with Gasteiger partial charge in [0.2, 0.25) is 0 Å². The molecule has 0 radical (unpaired) electrons. The average molecular weight is 123 g/mol. The summed E-state index contributed by atoms with van der Waals surface area (Å²) in [7, 11) is 0. The minimum atomic E-state index is 0.961. The Balaban J connectivity index is 4.47. The molecule has 0 aliphatic rings. The summed E-state index contributed by atoms with van der Waals surface area (Å²) in [6.07, 6.45) is 0. The van der Waals surface area contributed by atoms with Gasteiger partial charge in [-0.15, -0.1) is 0 Å². The van der Waals surface area contributed by atoms with Crippen LogP contribution in [0.4, 0.5) is 0 Å². The van der Waals surface area contributed by atoms with Crippen LogP contribution in [0.15, 0.2) is 28.4 Å². The highest BCUT2D eigenvalue weighted by atomic mass is 14.7. The molecular weight excluding hydrogens is 110 g/mol. The van der Waals surface area contributed by atoms with Crippen LogP contribution < -0.4 is 0 Å². The average Bonchev–Trinajstić information content (AvgIpc) is 1.84. The fourth-order valence-electron chi connectivity index (χ4n) is 0.427. The van der Waals surface area contributed by atoms with Gasteiger partial charge in [0.1, 0.15) is 0 Å². The molecule has 0 aromatic carbocycles. The lowest BCUT2D eigenvalue weighted by molar-refractivity contribution is 1.20. The zero-order chi connectivity index (χ0) is 7.44. The van der Waals surface area contributed by atoms with Crippen molar-refractivity contribution in [2.75, 3.05) is 0 Å². The Morgan fingerprint density at radius 3 is 1.78 bits per heavy atom. The molecule has 1 heteroatoms. The molecule has 0 spiro atoms. The van der Waals surface area contributed by atoms with Gasteiger partial charge < -0.3 is 0 Å². The first-order chi connectivity index (χ1) is 4.09. The Hall–Kier alpha value is -0.850. The van der Waals surface area contributed by atoms with Crippen molar-refractivity contribution in [3.8, 4) is 0 Å². The van der Waals surface area contributed by atoms with Crippen molar-refractivity contribution in [1.82, 2.24) is 0 Å². The molecule has 0 aliphatic carbocycles. The lowest BCUT2D eigenvalue weighted by atomic mass is 10.1. The van der Waals surface area contributed by atoms with Crippen LogP contribution >= 0.6 is 0 Å². The van der Waals surface area contributed by atoms with Gasteiger partial charge in [-0.1, -0.05) is 12.2 Å². The van der Waals surface area contributed by atoms with Crippen LogP contribution in [0.1, 0.15) is 20.8 Å². The normalized spacial score (nSPS) is 12.3. The second-order valence-electron chi connectivity index (χ2n) is 2.15. The van der Waals surface area contributed by atoms with Crippen LogP contribution in [-0.4, -0.2) is 6.72 Å². The molecule has 0 aromatic rings. The first-order valence-corrected chi connectivity index (χ1v) is 2.89. The van der Waals surface area contributed by atoms with E-state index in [1.165, 1.54) is 0 Å². The molecule has 0 heterocycles. The molecule has 9 heavy (non-hydrogen) atoms. The van der Waals surface area contributed by atoms with E-state index in [-0.39, 0.29) is 0 Å². The predicted octanol–water partition coefficient (Wildman–Crippen LogP) is 2.56. The van der Waals surface area contributed by atoms with Gasteiger partial charge in [0, 0.05) is 5.70 Å². The van der Waals surface area contributed by atoms with Crippen molar-refractivity contribution in [3.63, 3.8) is 0 Å². The first-order valence-electron chi connectivity index (χ1n) is 2.89. The zero-order valence-electron chi connectivity index (χ0n) is 6.36. The highest BCUT2D eigenvalue weighted by Crippen LogP contribution is 2.11. The zero-order valence-corrected chi connectivity index (χ0v) is 6.36. The van der Waals surface area contributed by atoms with E-state index < -0.39 is 0 Å². The smallest absolute Gasteiger partial charge is 0.0396 e. The van der Waals surface area contributed by atoms with Crippen molar-refractivity contribution < 1.29 is 0 Å². The summed E-state index contributed by atoms with van der Waals surface area (Å²) in [4.78, 5) is 3.78. The summed E-state index contributed by atoms with van der Waals surface area (Å²) in [6, 6.07) is 0. The van der Waals surface area contributed by atoms with Gasteiger partial charge in [-0.2, -0.15) is 0 Å². The third-order valence-corrected chi connectivity index (χ3v) is 1.42. The van der Waals surface area contributed by atoms with Crippen molar-refractivity contribution in [2.45, 2.75) is 20.8 Å². The third kappa shape index (κ3) is 2.27. The van der Waals surface area contributed by atoms with E-state index in [4.69, 9.17) is 0 Å². The summed E-state index contributed by atoms with van der Waals surface area (Å²) < 4.78 is 0. The van der Waals surface area contributed by atoms with Crippen LogP contribution in [0.3, 0.4) is 0 Å². The quantitative estimate of drug-likeness (QED) is 0.395. The van der Waals surface area contributed by atoms with Crippen molar-refractivity contribution >= 4 is 6.72 Å². The molecule has 0 N–H and O–H groups in total. The van der Waals surface area contributed by atoms with E-state index in [2.05, 4.69) is 18.3 Å². The maximum absolute atomic E-state index is 3.78. The summed E-state index contributed by atoms with van der Waals surface area (Å²) in [5, 5.41) is 0. The first kappa shape index (κ1) is 8.15. The Labute approximate surface area is 56.8 Å². The van der Waals surface area contributed by atoms with Crippen molar-refractivity contribution in [1.29, 1.82) is 0 Å². The second kappa shape index (κ2) is 3.23. The summed E-state index contributed by atoms with van der Waals surface area (Å²) in [6.45, 7) is 13.1. The summed E-state index contributed by atoms with van der Waals surface area (Å²) in [5.74, 6) is 0. The van der Waals surface area contributed by atoms with Crippen LogP contribution in [0.2, 0.25) is 0 Å². The highest BCUT2D eigenvalue weighted by Gasteiger charge is 1.92. The lowest BCUT2D eigenvalue weighted by Gasteiger charge is -1.99. The van der Waals surface area contributed by atoms with E-state index in [1.54, 1.807) is 0 Å². The maximum atomic E-state index is 3.78. The van der Waals surface area contributed by atoms with Gasteiger partial charge in [0.15, 0.2) is 0 Å². The molecule has 0 saturated carbocycles. The fraction of sp³-hybridized carbons (Fsp3) is 0.375. The molecule has 0 saturated heterocycles. The van der Waals surface area contributed by atoms with Gasteiger partial charge >= 0.3 is 0 Å². The van der Waals surface area contributed by atoms with Gasteiger partial charge in [0.25, 0.3) is 0 Å². The number of allylic oxidation sites excluding steroid dienone is 3. The molecule has 0 aliphatic heterocycles. The molecule has 0 unspecified atom stereocenters. The highest BCUT2D eigenvalue weighted by molar-refractivity contribution is 5.35. The largest absolute Gasteiger partial charge is 0.269 e. The molecule has 0 aromatic heterocycles. The van der Waals surface area contributed by atoms with Gasteiger partial charge in [-0.05, 0) is 33.1 Å².